The van der Waals surface area contributed by atoms with Crippen LogP contribution in [0.4, 0.5) is 0 Å². The number of nitrogens with zero attached hydrogens (tertiary/aromatic N) is 2. The number of aliphatic carboxylic acids is 1. The van der Waals surface area contributed by atoms with E-state index in [9.17, 15) is 19.2 Å². The predicted octanol–water partition coefficient (Wildman–Crippen LogP) is 3.09. The topological polar surface area (TPSA) is 107 Å². The van der Waals surface area contributed by atoms with Crippen molar-refractivity contribution in [3.8, 4) is 0 Å². The maximum absolute atomic E-state index is 13.2. The summed E-state index contributed by atoms with van der Waals surface area (Å²) in [7, 11) is 0. The first-order chi connectivity index (χ1) is 15.5. The zero-order valence-corrected chi connectivity index (χ0v) is 19.7. The van der Waals surface area contributed by atoms with Crippen LogP contribution in [0.3, 0.4) is 0 Å². The fourth-order valence-corrected chi connectivity index (χ4v) is 4.83. The van der Waals surface area contributed by atoms with Crippen LogP contribution < -0.4 is 5.32 Å². The molecule has 2 heterocycles. The van der Waals surface area contributed by atoms with E-state index >= 15 is 0 Å². The fourth-order valence-electron chi connectivity index (χ4n) is 4.83. The van der Waals surface area contributed by atoms with Crippen molar-refractivity contribution in [1.29, 1.82) is 0 Å². The number of unbranched alkanes of at least 4 members (excludes halogenated alkanes) is 8. The lowest BCUT2D eigenvalue weighted by molar-refractivity contribution is -0.147. The summed E-state index contributed by atoms with van der Waals surface area (Å²) in [5.41, 5.74) is 0. The van der Waals surface area contributed by atoms with Crippen molar-refractivity contribution in [3.63, 3.8) is 0 Å². The molecule has 32 heavy (non-hydrogen) atoms. The van der Waals surface area contributed by atoms with Gasteiger partial charge in [-0.05, 0) is 32.1 Å². The van der Waals surface area contributed by atoms with Gasteiger partial charge in [-0.25, -0.2) is 0 Å². The Hall–Kier alpha value is -2.12. The van der Waals surface area contributed by atoms with Gasteiger partial charge in [0.05, 0.1) is 0 Å². The zero-order valence-electron chi connectivity index (χ0n) is 19.7. The van der Waals surface area contributed by atoms with Gasteiger partial charge in [-0.3, -0.25) is 19.2 Å². The number of carboxylic acids is 1. The Balaban J connectivity index is 1.75. The summed E-state index contributed by atoms with van der Waals surface area (Å²) in [6, 6.07) is -1.13. The highest BCUT2D eigenvalue weighted by molar-refractivity contribution is 5.93. The number of likely N-dealkylation sites (tertiary alicyclic amines) is 2. The molecule has 0 aromatic carbocycles. The second-order valence-corrected chi connectivity index (χ2v) is 9.12. The normalized spacial score (nSPS) is 20.5. The molecule has 2 rings (SSSR count). The molecule has 182 valence electrons. The molecule has 0 radical (unpaired) electrons. The third-order valence-corrected chi connectivity index (χ3v) is 6.60. The maximum Gasteiger partial charge on any atom is 0.322 e. The predicted molar refractivity (Wildman–Crippen MR) is 122 cm³/mol. The molecule has 0 aromatic heterocycles. The van der Waals surface area contributed by atoms with E-state index in [1.807, 2.05) is 0 Å². The van der Waals surface area contributed by atoms with Gasteiger partial charge in [-0.1, -0.05) is 58.3 Å². The van der Waals surface area contributed by atoms with E-state index in [1.54, 1.807) is 9.80 Å². The first-order valence-corrected chi connectivity index (χ1v) is 12.5. The number of carbonyl (C=O) groups excluding carboxylic acids is 3. The van der Waals surface area contributed by atoms with Gasteiger partial charge in [0.15, 0.2) is 0 Å². The monoisotopic (exact) mass is 451 g/mol. The van der Waals surface area contributed by atoms with Gasteiger partial charge in [-0.15, -0.1) is 0 Å². The number of rotatable bonds is 14. The Kier molecular flexibility index (Phi) is 11.5. The lowest BCUT2D eigenvalue weighted by Gasteiger charge is -2.31. The minimum absolute atomic E-state index is 0.0369. The molecule has 0 unspecified atom stereocenters. The van der Waals surface area contributed by atoms with Crippen LogP contribution >= 0.6 is 0 Å². The highest BCUT2D eigenvalue weighted by Gasteiger charge is 2.41. The number of nitrogens with one attached hydrogen (secondary N) is 1. The Morgan fingerprint density at radius 1 is 0.812 bits per heavy atom. The quantitative estimate of drug-likeness (QED) is 0.395. The minimum atomic E-state index is -1.11. The molecule has 0 spiro atoms. The Bertz CT molecular complexity index is 639. The highest BCUT2D eigenvalue weighted by atomic mass is 16.4. The van der Waals surface area contributed by atoms with Gasteiger partial charge in [0.25, 0.3) is 0 Å². The molecule has 3 amide bonds. The average Bonchev–Trinajstić information content (AvgIpc) is 3.45. The summed E-state index contributed by atoms with van der Waals surface area (Å²) in [5.74, 6) is -1.67. The number of amides is 3. The summed E-state index contributed by atoms with van der Waals surface area (Å²) in [4.78, 5) is 52.3. The molecule has 8 heteroatoms. The lowest BCUT2D eigenvalue weighted by Crippen LogP contribution is -2.53. The Morgan fingerprint density at radius 3 is 2.00 bits per heavy atom. The molecule has 2 saturated heterocycles. The van der Waals surface area contributed by atoms with E-state index in [2.05, 4.69) is 12.2 Å². The highest BCUT2D eigenvalue weighted by Crippen LogP contribution is 2.26. The zero-order chi connectivity index (χ0) is 23.3. The second kappa shape index (κ2) is 14.1. The van der Waals surface area contributed by atoms with Crippen LogP contribution in [-0.4, -0.2) is 70.3 Å². The average molecular weight is 452 g/mol. The van der Waals surface area contributed by atoms with Gasteiger partial charge < -0.3 is 20.2 Å². The van der Waals surface area contributed by atoms with Crippen LogP contribution in [0.1, 0.15) is 96.8 Å². The minimum Gasteiger partial charge on any atom is -0.480 e. The summed E-state index contributed by atoms with van der Waals surface area (Å²) in [5, 5.41) is 11.2. The van der Waals surface area contributed by atoms with E-state index in [0.29, 0.717) is 38.8 Å². The van der Waals surface area contributed by atoms with Crippen LogP contribution in [0.15, 0.2) is 0 Å². The number of hydrogen-bond donors (Lipinski definition) is 2. The van der Waals surface area contributed by atoms with E-state index in [1.165, 1.54) is 38.5 Å². The van der Waals surface area contributed by atoms with Crippen molar-refractivity contribution in [2.24, 2.45) is 0 Å². The molecule has 2 N–H and O–H groups in total. The van der Waals surface area contributed by atoms with Crippen LogP contribution in [0, 0.1) is 0 Å². The molecule has 0 aromatic rings. The van der Waals surface area contributed by atoms with Crippen LogP contribution in [0.25, 0.3) is 0 Å². The van der Waals surface area contributed by atoms with Crippen molar-refractivity contribution in [1.82, 2.24) is 15.1 Å². The first kappa shape index (κ1) is 26.1. The first-order valence-electron chi connectivity index (χ1n) is 12.5. The second-order valence-electron chi connectivity index (χ2n) is 9.12. The smallest absolute Gasteiger partial charge is 0.322 e. The van der Waals surface area contributed by atoms with E-state index < -0.39 is 30.5 Å². The molecule has 2 aliphatic heterocycles. The number of carbonyl (C=O) groups is 4. The molecule has 0 aliphatic carbocycles. The van der Waals surface area contributed by atoms with Crippen molar-refractivity contribution >= 4 is 23.7 Å². The van der Waals surface area contributed by atoms with Crippen LogP contribution in [0.2, 0.25) is 0 Å². The Labute approximate surface area is 192 Å². The standard InChI is InChI=1S/C24H41N3O5/c1-2-3-4-5-6-7-8-9-10-15-21(28)26-16-12-14-20(26)24(32)27-17-11-13-19(27)23(31)25-18-22(29)30/h19-20H,2-18H2,1H3,(H,25,31)(H,29,30)/t19-,20-/m0/s1. The summed E-state index contributed by atoms with van der Waals surface area (Å²) >= 11 is 0. The third kappa shape index (κ3) is 8.10. The fraction of sp³-hybridized carbons (Fsp3) is 0.833. The van der Waals surface area contributed by atoms with Gasteiger partial charge in [0.2, 0.25) is 17.7 Å². The third-order valence-electron chi connectivity index (χ3n) is 6.60. The maximum atomic E-state index is 13.2. The molecule has 2 aliphatic rings. The van der Waals surface area contributed by atoms with E-state index in [0.717, 1.165) is 25.7 Å². The molecule has 8 nitrogen and oxygen atoms in total. The van der Waals surface area contributed by atoms with Crippen molar-refractivity contribution in [3.05, 3.63) is 0 Å². The number of hydrogen-bond acceptors (Lipinski definition) is 4. The van der Waals surface area contributed by atoms with Crippen molar-refractivity contribution in [2.45, 2.75) is 109 Å². The molecule has 2 fully saturated rings. The summed E-state index contributed by atoms with van der Waals surface area (Å²) < 4.78 is 0. The van der Waals surface area contributed by atoms with Crippen LogP contribution in [-0.2, 0) is 19.2 Å². The SMILES string of the molecule is CCCCCCCCCCCC(=O)N1CCC[C@H]1C(=O)N1CCC[C@H]1C(=O)NCC(=O)O. The van der Waals surface area contributed by atoms with E-state index in [4.69, 9.17) is 5.11 Å². The molecule has 0 bridgehead atoms. The molecular weight excluding hydrogens is 410 g/mol. The summed E-state index contributed by atoms with van der Waals surface area (Å²) in [6.07, 6.45) is 13.9. The van der Waals surface area contributed by atoms with Gasteiger partial charge >= 0.3 is 5.97 Å². The summed E-state index contributed by atoms with van der Waals surface area (Å²) in [6.45, 7) is 2.83. The molecular formula is C24H41N3O5. The van der Waals surface area contributed by atoms with Gasteiger partial charge in [0.1, 0.15) is 18.6 Å². The molecule has 2 atom stereocenters. The Morgan fingerprint density at radius 2 is 1.38 bits per heavy atom. The van der Waals surface area contributed by atoms with Crippen molar-refractivity contribution in [2.75, 3.05) is 19.6 Å². The number of carboxylic acid groups (broad SMARTS) is 1. The van der Waals surface area contributed by atoms with E-state index in [-0.39, 0.29) is 11.8 Å². The van der Waals surface area contributed by atoms with Gasteiger partial charge in [0, 0.05) is 19.5 Å². The van der Waals surface area contributed by atoms with Crippen LogP contribution in [0.5, 0.6) is 0 Å². The van der Waals surface area contributed by atoms with Gasteiger partial charge in [-0.2, -0.15) is 0 Å². The van der Waals surface area contributed by atoms with Crippen molar-refractivity contribution < 1.29 is 24.3 Å². The molecule has 0 saturated carbocycles. The largest absolute Gasteiger partial charge is 0.480 e. The lowest BCUT2D eigenvalue weighted by atomic mass is 10.1.